The molecule has 440 valence electrons. The van der Waals surface area contributed by atoms with Crippen molar-refractivity contribution in [2.75, 3.05) is 9.80 Å². The highest BCUT2D eigenvalue weighted by Gasteiger charge is 2.44. The largest absolute Gasteiger partial charge is 0.458 e. The third-order valence-corrected chi connectivity index (χ3v) is 21.0. The van der Waals surface area contributed by atoms with Crippen LogP contribution in [0.5, 0.6) is 23.0 Å². The maximum atomic E-state index is 6.72. The van der Waals surface area contributed by atoms with E-state index in [0.29, 0.717) is 0 Å². The maximum Gasteiger partial charge on any atom is 0.256 e. The number of nitrogens with zero attached hydrogens (tertiary/aromatic N) is 5. The van der Waals surface area contributed by atoms with Crippen molar-refractivity contribution in [2.24, 2.45) is 0 Å². The molecular weight excluding hydrogens is 1160 g/mol. The number of ether oxygens (including phenoxy) is 2. The third kappa shape index (κ3) is 7.57. The molecule has 0 saturated carbocycles. The molecule has 0 aliphatic carbocycles. The van der Waals surface area contributed by atoms with Gasteiger partial charge in [0.25, 0.3) is 13.4 Å². The summed E-state index contributed by atoms with van der Waals surface area (Å²) in [5.41, 5.74) is 27.7. The fourth-order valence-corrected chi connectivity index (χ4v) is 17.5. The van der Waals surface area contributed by atoms with Gasteiger partial charge in [0.15, 0.2) is 0 Å². The fraction of sp³-hybridized carbons (Fsp3) is 0.0238. The summed E-state index contributed by atoms with van der Waals surface area (Å²) in [7, 11) is 0. The number of fused-ring (bicyclic) bond motifs is 18. The Hall–Kier alpha value is -11.7. The Labute approximate surface area is 547 Å². The lowest BCUT2D eigenvalue weighted by Gasteiger charge is -2.34. The molecule has 10 heteroatoms. The first-order valence-electron chi connectivity index (χ1n) is 32.3. The van der Waals surface area contributed by atoms with Gasteiger partial charge in [-0.1, -0.05) is 176 Å². The summed E-state index contributed by atoms with van der Waals surface area (Å²) >= 11 is 1.90. The van der Waals surface area contributed by atoms with Gasteiger partial charge in [-0.05, 0) is 179 Å². The first-order valence-corrected chi connectivity index (χ1v) is 33.1. The summed E-state index contributed by atoms with van der Waals surface area (Å²) in [5, 5.41) is 5.03. The summed E-state index contributed by atoms with van der Waals surface area (Å²) in [5.74, 6) is 3.78. The quantitative estimate of drug-likeness (QED) is 0.149. The van der Waals surface area contributed by atoms with E-state index in [1.54, 1.807) is 0 Å². The topological polar surface area (TPSA) is 39.7 Å². The first-order chi connectivity index (χ1) is 46.5. The van der Waals surface area contributed by atoms with Gasteiger partial charge < -0.3 is 33.0 Å². The zero-order chi connectivity index (χ0) is 61.9. The van der Waals surface area contributed by atoms with Crippen LogP contribution in [0, 0.1) is 13.8 Å². The number of benzene rings is 13. The molecule has 0 radical (unpaired) electrons. The van der Waals surface area contributed by atoms with Gasteiger partial charge in [0.05, 0.1) is 49.2 Å². The summed E-state index contributed by atoms with van der Waals surface area (Å²) in [4.78, 5) is 4.84. The first kappa shape index (κ1) is 53.0. The second kappa shape index (κ2) is 20.4. The lowest BCUT2D eigenvalue weighted by Crippen LogP contribution is -2.58. The van der Waals surface area contributed by atoms with Gasteiger partial charge >= 0.3 is 0 Å². The van der Waals surface area contributed by atoms with Crippen molar-refractivity contribution < 1.29 is 9.47 Å². The second-order valence-electron chi connectivity index (χ2n) is 25.2. The van der Waals surface area contributed by atoms with Crippen LogP contribution in [-0.2, 0) is 0 Å². The molecule has 0 spiro atoms. The van der Waals surface area contributed by atoms with Gasteiger partial charge in [-0.2, -0.15) is 0 Å². The van der Waals surface area contributed by atoms with E-state index in [1.807, 2.05) is 11.3 Å². The van der Waals surface area contributed by atoms with E-state index in [9.17, 15) is 0 Å². The number of rotatable bonds is 7. The zero-order valence-corrected chi connectivity index (χ0v) is 52.2. The van der Waals surface area contributed by atoms with Crippen LogP contribution in [0.2, 0.25) is 0 Å². The fourth-order valence-electron chi connectivity index (χ4n) is 16.2. The normalized spacial score (nSPS) is 12.7. The Kier molecular flexibility index (Phi) is 11.5. The van der Waals surface area contributed by atoms with Crippen LogP contribution in [0.3, 0.4) is 0 Å². The predicted molar refractivity (Wildman–Crippen MR) is 395 cm³/mol. The highest BCUT2D eigenvalue weighted by atomic mass is 32.1. The molecule has 21 rings (SSSR count). The predicted octanol–water partition coefficient (Wildman–Crippen LogP) is 18.2. The zero-order valence-electron chi connectivity index (χ0n) is 51.4. The monoisotopic (exact) mass is 1220 g/mol. The van der Waals surface area contributed by atoms with Gasteiger partial charge in [0.1, 0.15) is 23.0 Å². The third-order valence-electron chi connectivity index (χ3n) is 19.8. The van der Waals surface area contributed by atoms with E-state index in [1.165, 1.54) is 125 Å². The van der Waals surface area contributed by atoms with Crippen LogP contribution < -0.4 is 52.1 Å². The molecule has 0 saturated heterocycles. The van der Waals surface area contributed by atoms with Crippen molar-refractivity contribution in [1.29, 1.82) is 0 Å². The Morgan fingerprint density at radius 1 is 0.330 bits per heavy atom. The maximum absolute atomic E-state index is 6.72. The lowest BCUT2D eigenvalue weighted by molar-refractivity contribution is 0.486. The number of thiophene rings is 1. The van der Waals surface area contributed by atoms with E-state index in [4.69, 9.17) is 9.47 Å². The number of hydrogen-bond acceptors (Lipinski definition) is 5. The lowest BCUT2D eigenvalue weighted by atomic mass is 9.34. The van der Waals surface area contributed by atoms with Crippen LogP contribution in [0.1, 0.15) is 11.1 Å². The number of para-hydroxylation sites is 8. The molecule has 0 amide bonds. The molecule has 4 aliphatic rings. The summed E-state index contributed by atoms with van der Waals surface area (Å²) in [6.07, 6.45) is 0. The summed E-state index contributed by atoms with van der Waals surface area (Å²) < 4.78 is 23.6. The van der Waals surface area contributed by atoms with Crippen LogP contribution >= 0.6 is 11.3 Å². The van der Waals surface area contributed by atoms with Crippen molar-refractivity contribution in [1.82, 2.24) is 13.7 Å². The highest BCUT2D eigenvalue weighted by molar-refractivity contribution is 7.27. The minimum absolute atomic E-state index is 0.0342. The summed E-state index contributed by atoms with van der Waals surface area (Å²) in [6.45, 7) is 4.48. The molecule has 13 aromatic carbocycles. The molecule has 4 aromatic heterocycles. The van der Waals surface area contributed by atoms with E-state index < -0.39 is 0 Å². The van der Waals surface area contributed by atoms with Gasteiger partial charge in [0.2, 0.25) is 0 Å². The van der Waals surface area contributed by atoms with Crippen LogP contribution in [0.15, 0.2) is 297 Å². The van der Waals surface area contributed by atoms with E-state index in [0.717, 1.165) is 57.1 Å². The SMILES string of the molecule is Cc1cc2c3c(c1)-n1c4c(ccc(N(c5ccccc5)c5ccccc5)c4c4c1c1ccccc1n4-c1ccccc1)B3c1ccccc1O2.Cc1cc2c3c(c1)-n1c4c(ccc(N(c5ccccc5)c5ccccc5)c4c4sc5ccccc5c41)B3c1ccccc1O2. The molecule has 4 aliphatic heterocycles. The number of anilines is 6. The van der Waals surface area contributed by atoms with E-state index >= 15 is 0 Å². The molecule has 0 N–H and O–H groups in total. The standard InChI is InChI=1S/C45H30BN3O.C39H25BN2OS/c1-29-27-38-42-40(28-29)50-39-24-14-12-22-34(39)46(42)35-25-26-37(47(30-15-5-2-6-16-30)31-17-7-3-8-18-31)41-44(35)49(38)43-33-21-11-13-23-36(33)48(45(41)43)32-19-9-4-10-20-32;1-24-22-31-36-33(23-24)43-32-18-10-9-17-28(32)40(36)29-20-21-30(41(25-12-4-2-5-13-25)26-14-6-3-7-15-26)35-38(29)42(31)37-27-16-8-11-19-34(27)44-39(35)37/h2-28H,1H3;2-23H,1H3. The molecule has 7 nitrogen and oxygen atoms in total. The molecule has 17 aromatic rings. The minimum Gasteiger partial charge on any atom is -0.458 e. The van der Waals surface area contributed by atoms with Crippen LogP contribution in [-0.4, -0.2) is 27.1 Å². The Bertz CT molecular complexity index is 5900. The van der Waals surface area contributed by atoms with Crippen molar-refractivity contribution >= 4 is 156 Å². The van der Waals surface area contributed by atoms with Gasteiger partial charge in [-0.15, -0.1) is 11.3 Å². The molecule has 0 atom stereocenters. The van der Waals surface area contributed by atoms with E-state index in [2.05, 4.69) is 335 Å². The van der Waals surface area contributed by atoms with E-state index in [-0.39, 0.29) is 13.4 Å². The van der Waals surface area contributed by atoms with Gasteiger partial charge in [-0.3, -0.25) is 0 Å². The van der Waals surface area contributed by atoms with Crippen LogP contribution in [0.25, 0.3) is 81.1 Å². The van der Waals surface area contributed by atoms with Crippen molar-refractivity contribution in [3.05, 3.63) is 308 Å². The number of aromatic nitrogens is 3. The molecule has 0 fully saturated rings. The van der Waals surface area contributed by atoms with Crippen molar-refractivity contribution in [3.8, 4) is 40.1 Å². The molecule has 0 unspecified atom stereocenters. The average Bonchev–Trinajstić information content (AvgIpc) is 1.49. The van der Waals surface area contributed by atoms with Gasteiger partial charge in [-0.25, -0.2) is 0 Å². The highest BCUT2D eigenvalue weighted by Crippen LogP contribution is 2.52. The van der Waals surface area contributed by atoms with Crippen molar-refractivity contribution in [2.45, 2.75) is 13.8 Å². The van der Waals surface area contributed by atoms with Crippen molar-refractivity contribution in [3.63, 3.8) is 0 Å². The number of hydrogen-bond donors (Lipinski definition) is 0. The Morgan fingerprint density at radius 3 is 1.29 bits per heavy atom. The molecule has 94 heavy (non-hydrogen) atoms. The second-order valence-corrected chi connectivity index (χ2v) is 26.2. The summed E-state index contributed by atoms with van der Waals surface area (Å²) in [6, 6.07) is 107. The van der Waals surface area contributed by atoms with Gasteiger partial charge in [0, 0.05) is 66.1 Å². The molecular formula is C84H55B2N5O2S. The average molecular weight is 1220 g/mol. The Balaban J connectivity index is 0.000000130. The Morgan fingerprint density at radius 2 is 0.755 bits per heavy atom. The smallest absolute Gasteiger partial charge is 0.256 e. The molecule has 0 bridgehead atoms. The molecule has 8 heterocycles. The minimum atomic E-state index is 0.0342. The number of aryl methyl sites for hydroxylation is 2. The van der Waals surface area contributed by atoms with Crippen LogP contribution in [0.4, 0.5) is 34.1 Å².